The summed E-state index contributed by atoms with van der Waals surface area (Å²) in [5, 5.41) is 0. The molecule has 0 aliphatic heterocycles. The molecule has 2 nitrogen and oxygen atoms in total. The number of nitrogens with two attached hydrogens (primary N) is 1. The van der Waals surface area contributed by atoms with Gasteiger partial charge in [0.2, 0.25) is 0 Å². The summed E-state index contributed by atoms with van der Waals surface area (Å²) in [6.07, 6.45) is 1.89. The van der Waals surface area contributed by atoms with Crippen LogP contribution in [0.4, 0.5) is 4.39 Å². The molecule has 1 unspecified atom stereocenters. The minimum Gasteiger partial charge on any atom is -0.489 e. The third-order valence-electron chi connectivity index (χ3n) is 1.97. The molecule has 0 heterocycles. The number of ether oxygens (including phenoxy) is 1. The quantitative estimate of drug-likeness (QED) is 0.786. The zero-order valence-corrected chi connectivity index (χ0v) is 8.37. The zero-order chi connectivity index (χ0) is 10.4. The van der Waals surface area contributed by atoms with E-state index in [1.54, 1.807) is 12.1 Å². The Labute approximate surface area is 83.9 Å². The van der Waals surface area contributed by atoms with Crippen LogP contribution in [0.15, 0.2) is 24.3 Å². The topological polar surface area (TPSA) is 35.2 Å². The molecule has 0 spiro atoms. The summed E-state index contributed by atoms with van der Waals surface area (Å²) < 4.78 is 18.3. The van der Waals surface area contributed by atoms with Crippen molar-refractivity contribution in [3.05, 3.63) is 30.1 Å². The second-order valence-corrected chi connectivity index (χ2v) is 3.22. The van der Waals surface area contributed by atoms with Crippen molar-refractivity contribution < 1.29 is 9.13 Å². The highest BCUT2D eigenvalue weighted by atomic mass is 19.1. The first-order valence-corrected chi connectivity index (χ1v) is 4.88. The molecule has 1 rings (SSSR count). The predicted octanol–water partition coefficient (Wildman–Crippen LogP) is 2.33. The molecule has 0 fully saturated rings. The molecule has 0 saturated carbocycles. The molecule has 78 valence electrons. The number of benzene rings is 1. The van der Waals surface area contributed by atoms with E-state index in [2.05, 4.69) is 6.92 Å². The highest BCUT2D eigenvalue weighted by Gasteiger charge is 2.06. The second-order valence-electron chi connectivity index (χ2n) is 3.22. The van der Waals surface area contributed by atoms with Gasteiger partial charge in [-0.3, -0.25) is 0 Å². The van der Waals surface area contributed by atoms with Crippen molar-refractivity contribution in [2.24, 2.45) is 5.73 Å². The van der Waals surface area contributed by atoms with Crippen molar-refractivity contribution in [2.75, 3.05) is 6.54 Å². The normalized spacial score (nSPS) is 12.5. The predicted molar refractivity (Wildman–Crippen MR) is 54.8 cm³/mol. The van der Waals surface area contributed by atoms with Crippen molar-refractivity contribution in [2.45, 2.75) is 25.9 Å². The Bertz CT molecular complexity index is 278. The smallest absolute Gasteiger partial charge is 0.126 e. The first-order valence-electron chi connectivity index (χ1n) is 4.88. The summed E-state index contributed by atoms with van der Waals surface area (Å²) in [6.45, 7) is 2.53. The largest absolute Gasteiger partial charge is 0.489 e. The number of rotatable bonds is 5. The minimum atomic E-state index is -0.283. The first kappa shape index (κ1) is 11.0. The van der Waals surface area contributed by atoms with E-state index >= 15 is 0 Å². The SMILES string of the molecule is CCCC(CN)Oc1cccc(F)c1. The third-order valence-corrected chi connectivity index (χ3v) is 1.97. The fourth-order valence-electron chi connectivity index (χ4n) is 1.28. The van der Waals surface area contributed by atoms with Gasteiger partial charge in [0.05, 0.1) is 0 Å². The molecule has 0 aliphatic carbocycles. The molecule has 0 aromatic heterocycles. The number of hydrogen-bond acceptors (Lipinski definition) is 2. The van der Waals surface area contributed by atoms with Crippen molar-refractivity contribution in [3.8, 4) is 5.75 Å². The second kappa shape index (κ2) is 5.60. The summed E-state index contributed by atoms with van der Waals surface area (Å²) >= 11 is 0. The summed E-state index contributed by atoms with van der Waals surface area (Å²) in [7, 11) is 0. The van der Waals surface area contributed by atoms with Crippen LogP contribution in [-0.4, -0.2) is 12.6 Å². The van der Waals surface area contributed by atoms with Crippen LogP contribution in [-0.2, 0) is 0 Å². The standard InChI is InChI=1S/C11H16FNO/c1-2-4-11(8-13)14-10-6-3-5-9(12)7-10/h3,5-7,11H,2,4,8,13H2,1H3. The first-order chi connectivity index (χ1) is 6.76. The van der Waals surface area contributed by atoms with Crippen LogP contribution in [0.5, 0.6) is 5.75 Å². The van der Waals surface area contributed by atoms with Gasteiger partial charge in [-0.25, -0.2) is 4.39 Å². The van der Waals surface area contributed by atoms with Gasteiger partial charge >= 0.3 is 0 Å². The van der Waals surface area contributed by atoms with Crippen LogP contribution in [0, 0.1) is 5.82 Å². The molecule has 3 heteroatoms. The lowest BCUT2D eigenvalue weighted by molar-refractivity contribution is 0.197. The molecular formula is C11H16FNO. The van der Waals surface area contributed by atoms with Crippen molar-refractivity contribution >= 4 is 0 Å². The van der Waals surface area contributed by atoms with E-state index in [-0.39, 0.29) is 11.9 Å². The van der Waals surface area contributed by atoms with Crippen LogP contribution >= 0.6 is 0 Å². The van der Waals surface area contributed by atoms with E-state index in [1.807, 2.05) is 0 Å². The fourth-order valence-corrected chi connectivity index (χ4v) is 1.28. The summed E-state index contributed by atoms with van der Waals surface area (Å²) in [5.74, 6) is 0.267. The highest BCUT2D eigenvalue weighted by Crippen LogP contribution is 2.15. The van der Waals surface area contributed by atoms with E-state index in [0.717, 1.165) is 12.8 Å². The van der Waals surface area contributed by atoms with Crippen LogP contribution in [0.2, 0.25) is 0 Å². The van der Waals surface area contributed by atoms with Crippen LogP contribution < -0.4 is 10.5 Å². The molecule has 1 atom stereocenters. The fraction of sp³-hybridized carbons (Fsp3) is 0.455. The van der Waals surface area contributed by atoms with Crippen molar-refractivity contribution in [1.29, 1.82) is 0 Å². The molecule has 14 heavy (non-hydrogen) atoms. The van der Waals surface area contributed by atoms with E-state index in [4.69, 9.17) is 10.5 Å². The molecular weight excluding hydrogens is 181 g/mol. The molecule has 0 radical (unpaired) electrons. The van der Waals surface area contributed by atoms with Gasteiger partial charge in [-0.15, -0.1) is 0 Å². The van der Waals surface area contributed by atoms with Crippen LogP contribution in [0.25, 0.3) is 0 Å². The lowest BCUT2D eigenvalue weighted by Gasteiger charge is -2.16. The Morgan fingerprint density at radius 3 is 2.86 bits per heavy atom. The van der Waals surface area contributed by atoms with Gasteiger partial charge in [-0.1, -0.05) is 19.4 Å². The van der Waals surface area contributed by atoms with E-state index < -0.39 is 0 Å². The van der Waals surface area contributed by atoms with Crippen molar-refractivity contribution in [3.63, 3.8) is 0 Å². The van der Waals surface area contributed by atoms with E-state index in [9.17, 15) is 4.39 Å². The highest BCUT2D eigenvalue weighted by molar-refractivity contribution is 5.22. The van der Waals surface area contributed by atoms with Gasteiger partial charge in [0.25, 0.3) is 0 Å². The average molecular weight is 197 g/mol. The lowest BCUT2D eigenvalue weighted by Crippen LogP contribution is -2.26. The maximum absolute atomic E-state index is 12.8. The average Bonchev–Trinajstić information content (AvgIpc) is 2.17. The van der Waals surface area contributed by atoms with Gasteiger partial charge in [0.15, 0.2) is 0 Å². The van der Waals surface area contributed by atoms with E-state index in [0.29, 0.717) is 12.3 Å². The molecule has 0 aliphatic rings. The maximum atomic E-state index is 12.8. The Morgan fingerprint density at radius 1 is 1.50 bits per heavy atom. The van der Waals surface area contributed by atoms with Gasteiger partial charge in [0.1, 0.15) is 17.7 Å². The Balaban J connectivity index is 2.57. The van der Waals surface area contributed by atoms with E-state index in [1.165, 1.54) is 12.1 Å². The summed E-state index contributed by atoms with van der Waals surface area (Å²) in [6, 6.07) is 6.13. The zero-order valence-electron chi connectivity index (χ0n) is 8.37. The number of halogens is 1. The Kier molecular flexibility index (Phi) is 4.40. The van der Waals surface area contributed by atoms with Gasteiger partial charge < -0.3 is 10.5 Å². The third kappa shape index (κ3) is 3.34. The van der Waals surface area contributed by atoms with Crippen molar-refractivity contribution in [1.82, 2.24) is 0 Å². The minimum absolute atomic E-state index is 0.0122. The molecule has 0 amide bonds. The number of hydrogen-bond donors (Lipinski definition) is 1. The summed E-state index contributed by atoms with van der Waals surface area (Å²) in [4.78, 5) is 0. The van der Waals surface area contributed by atoms with Gasteiger partial charge in [0, 0.05) is 12.6 Å². The molecule has 2 N–H and O–H groups in total. The van der Waals surface area contributed by atoms with Gasteiger partial charge in [-0.2, -0.15) is 0 Å². The molecule has 1 aromatic carbocycles. The van der Waals surface area contributed by atoms with Crippen LogP contribution in [0.1, 0.15) is 19.8 Å². The monoisotopic (exact) mass is 197 g/mol. The Hall–Kier alpha value is -1.09. The molecule has 0 saturated heterocycles. The maximum Gasteiger partial charge on any atom is 0.126 e. The summed E-state index contributed by atoms with van der Waals surface area (Å²) in [5.41, 5.74) is 5.53. The van der Waals surface area contributed by atoms with Crippen LogP contribution in [0.3, 0.4) is 0 Å². The Morgan fingerprint density at radius 2 is 2.29 bits per heavy atom. The molecule has 0 bridgehead atoms. The van der Waals surface area contributed by atoms with Gasteiger partial charge in [-0.05, 0) is 18.6 Å². The lowest BCUT2D eigenvalue weighted by atomic mass is 10.2. The molecule has 1 aromatic rings.